The molecule has 2 heterocycles. The maximum Gasteiger partial charge on any atom is 0.254 e. The number of nitrogens with zero attached hydrogens (tertiary/aromatic N) is 3. The number of carbonyl (C=O) groups excluding carboxylic acids is 1. The van der Waals surface area contributed by atoms with Crippen LogP contribution in [0.25, 0.3) is 0 Å². The molecule has 3 rings (SSSR count). The smallest absolute Gasteiger partial charge is 0.254 e. The van der Waals surface area contributed by atoms with Crippen molar-refractivity contribution < 1.29 is 4.79 Å². The summed E-state index contributed by atoms with van der Waals surface area (Å²) in [6.45, 7) is 4.32. The van der Waals surface area contributed by atoms with Crippen LogP contribution >= 0.6 is 11.8 Å². The molecule has 1 aromatic rings. The Labute approximate surface area is 150 Å². The van der Waals surface area contributed by atoms with Crippen LogP contribution in [0.2, 0.25) is 0 Å². The monoisotopic (exact) mass is 347 g/mol. The van der Waals surface area contributed by atoms with Crippen molar-refractivity contribution in [1.29, 1.82) is 0 Å². The third-order valence-electron chi connectivity index (χ3n) is 5.00. The zero-order chi connectivity index (χ0) is 16.9. The quantitative estimate of drug-likeness (QED) is 0.837. The molecule has 2 aliphatic heterocycles. The molecule has 1 unspecified atom stereocenters. The first-order valence-electron chi connectivity index (χ1n) is 9.03. The molecule has 0 bridgehead atoms. The summed E-state index contributed by atoms with van der Waals surface area (Å²) in [4.78, 5) is 19.8. The molecular weight excluding hydrogens is 318 g/mol. The van der Waals surface area contributed by atoms with Gasteiger partial charge in [0.2, 0.25) is 0 Å². The summed E-state index contributed by atoms with van der Waals surface area (Å²) in [6.07, 6.45) is 3.71. The minimum Gasteiger partial charge on any atom is -0.378 e. The molecule has 0 aliphatic carbocycles. The molecule has 0 spiro atoms. The summed E-state index contributed by atoms with van der Waals surface area (Å²) < 4.78 is 0. The lowest BCUT2D eigenvalue weighted by molar-refractivity contribution is 0.0666. The van der Waals surface area contributed by atoms with Gasteiger partial charge in [-0.1, -0.05) is 0 Å². The van der Waals surface area contributed by atoms with Crippen LogP contribution in [0.4, 0.5) is 5.69 Å². The molecule has 2 fully saturated rings. The number of anilines is 1. The van der Waals surface area contributed by atoms with E-state index in [2.05, 4.69) is 14.7 Å². The standard InChI is InChI=1S/C19H29N3OS/c1-20(2)17-8-6-16(7-9-17)19(23)22-12-5-13-24-15-18(22)14-21-10-3-4-11-21/h6-9,18H,3-5,10-15H2,1-2H3. The number of hydrogen-bond donors (Lipinski definition) is 0. The van der Waals surface area contributed by atoms with E-state index in [0.29, 0.717) is 6.04 Å². The van der Waals surface area contributed by atoms with E-state index in [0.717, 1.165) is 36.5 Å². The number of likely N-dealkylation sites (tertiary alicyclic amines) is 1. The van der Waals surface area contributed by atoms with Crippen LogP contribution in [-0.2, 0) is 0 Å². The number of rotatable bonds is 4. The number of carbonyl (C=O) groups is 1. The second kappa shape index (κ2) is 8.26. The number of thioether (sulfide) groups is 1. The van der Waals surface area contributed by atoms with Crippen LogP contribution in [0.15, 0.2) is 24.3 Å². The third-order valence-corrected chi connectivity index (χ3v) is 6.20. The van der Waals surface area contributed by atoms with Gasteiger partial charge in [-0.25, -0.2) is 0 Å². The molecule has 24 heavy (non-hydrogen) atoms. The summed E-state index contributed by atoms with van der Waals surface area (Å²) >= 11 is 2.00. The van der Waals surface area contributed by atoms with Crippen molar-refractivity contribution in [2.75, 3.05) is 56.7 Å². The molecule has 1 amide bonds. The van der Waals surface area contributed by atoms with Crippen molar-refractivity contribution in [3.63, 3.8) is 0 Å². The van der Waals surface area contributed by atoms with E-state index in [-0.39, 0.29) is 5.91 Å². The summed E-state index contributed by atoms with van der Waals surface area (Å²) in [6, 6.07) is 8.37. The van der Waals surface area contributed by atoms with Gasteiger partial charge in [0.25, 0.3) is 5.91 Å². The maximum absolute atomic E-state index is 13.1. The van der Waals surface area contributed by atoms with E-state index in [1.807, 2.05) is 50.1 Å². The van der Waals surface area contributed by atoms with Gasteiger partial charge in [0, 0.05) is 44.2 Å². The minimum absolute atomic E-state index is 0.201. The van der Waals surface area contributed by atoms with Crippen molar-refractivity contribution in [3.05, 3.63) is 29.8 Å². The fourth-order valence-electron chi connectivity index (χ4n) is 3.58. The van der Waals surface area contributed by atoms with Gasteiger partial charge in [0.15, 0.2) is 0 Å². The van der Waals surface area contributed by atoms with Gasteiger partial charge in [-0.2, -0.15) is 11.8 Å². The summed E-state index contributed by atoms with van der Waals surface area (Å²) in [5.74, 6) is 2.43. The Hall–Kier alpha value is -1.20. The van der Waals surface area contributed by atoms with E-state index in [1.54, 1.807) is 0 Å². The SMILES string of the molecule is CN(C)c1ccc(C(=O)N2CCCSCC2CN2CCCC2)cc1. The van der Waals surface area contributed by atoms with Gasteiger partial charge in [-0.15, -0.1) is 0 Å². The largest absolute Gasteiger partial charge is 0.378 e. The average molecular weight is 348 g/mol. The Morgan fingerprint density at radius 1 is 1.12 bits per heavy atom. The molecule has 1 aromatic carbocycles. The lowest BCUT2D eigenvalue weighted by Gasteiger charge is -2.33. The normalized spacial score (nSPS) is 22.4. The predicted molar refractivity (Wildman–Crippen MR) is 103 cm³/mol. The number of amides is 1. The first-order valence-corrected chi connectivity index (χ1v) is 10.2. The lowest BCUT2D eigenvalue weighted by Crippen LogP contribution is -2.47. The van der Waals surface area contributed by atoms with E-state index >= 15 is 0 Å². The van der Waals surface area contributed by atoms with Crippen LogP contribution in [0, 0.1) is 0 Å². The van der Waals surface area contributed by atoms with E-state index in [9.17, 15) is 4.79 Å². The zero-order valence-electron chi connectivity index (χ0n) is 14.9. The molecule has 4 nitrogen and oxygen atoms in total. The van der Waals surface area contributed by atoms with Gasteiger partial charge in [0.05, 0.1) is 6.04 Å². The number of hydrogen-bond acceptors (Lipinski definition) is 4. The highest BCUT2D eigenvalue weighted by Crippen LogP contribution is 2.22. The molecule has 132 valence electrons. The summed E-state index contributed by atoms with van der Waals surface area (Å²) in [5, 5.41) is 0. The van der Waals surface area contributed by atoms with Crippen molar-refractivity contribution in [3.8, 4) is 0 Å². The average Bonchev–Trinajstić information content (AvgIpc) is 2.99. The fourth-order valence-corrected chi connectivity index (χ4v) is 4.64. The van der Waals surface area contributed by atoms with Crippen LogP contribution in [0.3, 0.4) is 0 Å². The Morgan fingerprint density at radius 3 is 2.50 bits per heavy atom. The van der Waals surface area contributed by atoms with Crippen LogP contribution in [-0.4, -0.2) is 73.5 Å². The molecule has 2 aliphatic rings. The first kappa shape index (κ1) is 17.6. The Bertz CT molecular complexity index is 540. The van der Waals surface area contributed by atoms with E-state index in [1.165, 1.54) is 31.7 Å². The third kappa shape index (κ3) is 4.25. The fraction of sp³-hybridized carbons (Fsp3) is 0.632. The van der Waals surface area contributed by atoms with Gasteiger partial charge in [-0.3, -0.25) is 4.79 Å². The molecule has 0 N–H and O–H groups in total. The minimum atomic E-state index is 0.201. The van der Waals surface area contributed by atoms with Crippen LogP contribution in [0.5, 0.6) is 0 Å². The predicted octanol–water partition coefficient (Wildman–Crippen LogP) is 2.80. The van der Waals surface area contributed by atoms with Crippen molar-refractivity contribution in [2.45, 2.75) is 25.3 Å². The Kier molecular flexibility index (Phi) is 6.06. The van der Waals surface area contributed by atoms with Crippen molar-refractivity contribution >= 4 is 23.4 Å². The summed E-state index contributed by atoms with van der Waals surface area (Å²) in [5.41, 5.74) is 1.95. The number of benzene rings is 1. The molecule has 5 heteroatoms. The molecule has 0 radical (unpaired) electrons. The van der Waals surface area contributed by atoms with Gasteiger partial charge in [-0.05, 0) is 62.4 Å². The van der Waals surface area contributed by atoms with Crippen molar-refractivity contribution in [2.24, 2.45) is 0 Å². The van der Waals surface area contributed by atoms with E-state index < -0.39 is 0 Å². The highest BCUT2D eigenvalue weighted by atomic mass is 32.2. The zero-order valence-corrected chi connectivity index (χ0v) is 15.7. The Morgan fingerprint density at radius 2 is 1.83 bits per heavy atom. The molecule has 2 saturated heterocycles. The highest BCUT2D eigenvalue weighted by molar-refractivity contribution is 7.99. The second-order valence-electron chi connectivity index (χ2n) is 7.03. The molecular formula is C19H29N3OS. The first-order chi connectivity index (χ1) is 11.6. The molecule has 0 aromatic heterocycles. The molecule has 1 atom stereocenters. The molecule has 0 saturated carbocycles. The van der Waals surface area contributed by atoms with Gasteiger partial charge < -0.3 is 14.7 Å². The van der Waals surface area contributed by atoms with Gasteiger partial charge in [0.1, 0.15) is 0 Å². The van der Waals surface area contributed by atoms with Crippen LogP contribution < -0.4 is 4.90 Å². The van der Waals surface area contributed by atoms with Crippen LogP contribution in [0.1, 0.15) is 29.6 Å². The van der Waals surface area contributed by atoms with Crippen molar-refractivity contribution in [1.82, 2.24) is 9.80 Å². The second-order valence-corrected chi connectivity index (χ2v) is 8.18. The topological polar surface area (TPSA) is 26.8 Å². The van der Waals surface area contributed by atoms with Gasteiger partial charge >= 0.3 is 0 Å². The highest BCUT2D eigenvalue weighted by Gasteiger charge is 2.28. The maximum atomic E-state index is 13.1. The van der Waals surface area contributed by atoms with E-state index in [4.69, 9.17) is 0 Å². The lowest BCUT2D eigenvalue weighted by atomic mass is 10.1. The Balaban J connectivity index is 1.73. The summed E-state index contributed by atoms with van der Waals surface area (Å²) in [7, 11) is 4.05.